The quantitative estimate of drug-likeness (QED) is 0.539. The van der Waals surface area contributed by atoms with Gasteiger partial charge in [-0.15, -0.1) is 0 Å². The number of hydrogen-bond acceptors (Lipinski definition) is 1. The highest BCUT2D eigenvalue weighted by molar-refractivity contribution is 5.33. The molecule has 0 N–H and O–H groups in total. The Bertz CT molecular complexity index is 416. The van der Waals surface area contributed by atoms with Crippen LogP contribution in [0.4, 0.5) is 0 Å². The van der Waals surface area contributed by atoms with Gasteiger partial charge in [0.25, 0.3) is 0 Å². The summed E-state index contributed by atoms with van der Waals surface area (Å²) in [5.74, 6) is 1.51. The summed E-state index contributed by atoms with van der Waals surface area (Å²) in [5, 5.41) is 0. The maximum atomic E-state index is 5.64. The molecule has 0 aliphatic carbocycles. The number of ether oxygens (including phenoxy) is 1. The summed E-state index contributed by atoms with van der Waals surface area (Å²) >= 11 is 0. The highest BCUT2D eigenvalue weighted by Crippen LogP contribution is 2.25. The van der Waals surface area contributed by atoms with Crippen LogP contribution in [-0.4, -0.2) is 0 Å². The minimum Gasteiger partial charge on any atom is -0.457 e. The van der Waals surface area contributed by atoms with E-state index in [1.807, 2.05) is 12.1 Å². The Morgan fingerprint density at radius 2 is 1.71 bits per heavy atom. The molecule has 0 amide bonds. The Hall–Kier alpha value is -1.76. The largest absolute Gasteiger partial charge is 0.457 e. The van der Waals surface area contributed by atoms with Crippen molar-refractivity contribution < 1.29 is 4.74 Å². The zero-order valence-electron chi connectivity index (χ0n) is 10.9. The second kappa shape index (κ2) is 5.53. The number of allylic oxidation sites excluding steroid dienone is 3. The molecule has 0 spiro atoms. The van der Waals surface area contributed by atoms with E-state index in [4.69, 9.17) is 4.74 Å². The molecule has 0 saturated heterocycles. The minimum absolute atomic E-state index is 0.163. The van der Waals surface area contributed by atoms with Crippen LogP contribution in [-0.2, 0) is 5.41 Å². The van der Waals surface area contributed by atoms with Crippen molar-refractivity contribution in [1.29, 1.82) is 0 Å². The van der Waals surface area contributed by atoms with Crippen LogP contribution in [0.15, 0.2) is 61.4 Å². The highest BCUT2D eigenvalue weighted by Gasteiger charge is 2.12. The predicted molar refractivity (Wildman–Crippen MR) is 74.2 cm³/mol. The molecule has 0 unspecified atom stereocenters. The van der Waals surface area contributed by atoms with Crippen LogP contribution in [0.2, 0.25) is 0 Å². The fourth-order valence-electron chi connectivity index (χ4n) is 1.42. The molecule has 1 aromatic rings. The zero-order valence-corrected chi connectivity index (χ0v) is 10.9. The molecule has 0 bridgehead atoms. The topological polar surface area (TPSA) is 9.23 Å². The van der Waals surface area contributed by atoms with Gasteiger partial charge in [0.2, 0.25) is 0 Å². The van der Waals surface area contributed by atoms with E-state index in [0.29, 0.717) is 5.76 Å². The van der Waals surface area contributed by atoms with Gasteiger partial charge in [-0.05, 0) is 35.3 Å². The second-order valence-electron chi connectivity index (χ2n) is 4.89. The minimum atomic E-state index is 0.163. The van der Waals surface area contributed by atoms with Crippen molar-refractivity contribution in [2.75, 3.05) is 0 Å². The van der Waals surface area contributed by atoms with Gasteiger partial charge in [-0.1, -0.05) is 52.1 Å². The molecule has 0 saturated carbocycles. The van der Waals surface area contributed by atoms with Crippen molar-refractivity contribution in [3.8, 4) is 5.75 Å². The van der Waals surface area contributed by atoms with Crippen molar-refractivity contribution in [2.24, 2.45) is 0 Å². The maximum absolute atomic E-state index is 5.64. The summed E-state index contributed by atoms with van der Waals surface area (Å²) in [6.07, 6.45) is 5.13. The number of benzene rings is 1. The van der Waals surface area contributed by atoms with E-state index in [1.54, 1.807) is 18.2 Å². The Labute approximate surface area is 104 Å². The van der Waals surface area contributed by atoms with Crippen molar-refractivity contribution in [2.45, 2.75) is 26.2 Å². The van der Waals surface area contributed by atoms with E-state index in [0.717, 1.165) is 5.75 Å². The van der Waals surface area contributed by atoms with Crippen molar-refractivity contribution in [1.82, 2.24) is 0 Å². The summed E-state index contributed by atoms with van der Waals surface area (Å²) < 4.78 is 5.64. The normalized spacial score (nSPS) is 12.1. The van der Waals surface area contributed by atoms with Crippen LogP contribution in [0.3, 0.4) is 0 Å². The molecule has 0 aliphatic heterocycles. The molecular formula is C16H20O. The fraction of sp³-hybridized carbons (Fsp3) is 0.250. The molecule has 0 fully saturated rings. The predicted octanol–water partition coefficient (Wildman–Crippen LogP) is 4.62. The van der Waals surface area contributed by atoms with E-state index < -0.39 is 0 Å². The maximum Gasteiger partial charge on any atom is 0.127 e. The molecule has 0 atom stereocenters. The highest BCUT2D eigenvalue weighted by atomic mass is 16.5. The summed E-state index contributed by atoms with van der Waals surface area (Å²) in [7, 11) is 0. The Morgan fingerprint density at radius 3 is 2.12 bits per heavy atom. The zero-order chi connectivity index (χ0) is 12.9. The molecule has 1 nitrogen and oxygen atoms in total. The lowest BCUT2D eigenvalue weighted by Crippen LogP contribution is -2.10. The van der Waals surface area contributed by atoms with Crippen LogP contribution in [0, 0.1) is 0 Å². The lowest BCUT2D eigenvalue weighted by Gasteiger charge is -2.19. The molecule has 0 heterocycles. The standard InChI is InChI=1S/C16H20O/c1-6-8-14(7-2)17-15-11-9-13(10-12-15)16(3,4)5/h6-12H,1-2H2,3-5H3/b14-8+. The van der Waals surface area contributed by atoms with Gasteiger partial charge < -0.3 is 4.74 Å². The Kier molecular flexibility index (Phi) is 4.33. The molecule has 1 aromatic carbocycles. The summed E-state index contributed by atoms with van der Waals surface area (Å²) in [6.45, 7) is 13.9. The van der Waals surface area contributed by atoms with Gasteiger partial charge >= 0.3 is 0 Å². The fourth-order valence-corrected chi connectivity index (χ4v) is 1.42. The molecular weight excluding hydrogens is 208 g/mol. The van der Waals surface area contributed by atoms with Gasteiger partial charge in [0.15, 0.2) is 0 Å². The molecule has 1 heteroatoms. The van der Waals surface area contributed by atoms with Crippen molar-refractivity contribution >= 4 is 0 Å². The van der Waals surface area contributed by atoms with Crippen LogP contribution >= 0.6 is 0 Å². The number of hydrogen-bond donors (Lipinski definition) is 0. The molecule has 0 radical (unpaired) electrons. The molecule has 1 rings (SSSR count). The molecule has 90 valence electrons. The van der Waals surface area contributed by atoms with Crippen molar-refractivity contribution in [3.05, 3.63) is 67.0 Å². The van der Waals surface area contributed by atoms with Crippen LogP contribution in [0.5, 0.6) is 5.75 Å². The smallest absolute Gasteiger partial charge is 0.127 e. The molecule has 0 aromatic heterocycles. The number of rotatable bonds is 4. The van der Waals surface area contributed by atoms with Gasteiger partial charge in [-0.25, -0.2) is 0 Å². The summed E-state index contributed by atoms with van der Waals surface area (Å²) in [4.78, 5) is 0. The SMILES string of the molecule is C=C/C=C(\C=C)Oc1ccc(C(C)(C)C)cc1. The molecule has 0 aliphatic rings. The van der Waals surface area contributed by atoms with Gasteiger partial charge in [-0.2, -0.15) is 0 Å². The van der Waals surface area contributed by atoms with Gasteiger partial charge in [0.1, 0.15) is 11.5 Å². The van der Waals surface area contributed by atoms with E-state index >= 15 is 0 Å². The van der Waals surface area contributed by atoms with E-state index in [1.165, 1.54) is 5.56 Å². The average molecular weight is 228 g/mol. The summed E-state index contributed by atoms with van der Waals surface area (Å²) in [5.41, 5.74) is 1.45. The lowest BCUT2D eigenvalue weighted by atomic mass is 9.87. The van der Waals surface area contributed by atoms with Crippen LogP contribution < -0.4 is 4.74 Å². The van der Waals surface area contributed by atoms with Crippen LogP contribution in [0.1, 0.15) is 26.3 Å². The molecule has 17 heavy (non-hydrogen) atoms. The summed E-state index contributed by atoms with van der Waals surface area (Å²) in [6, 6.07) is 8.12. The van der Waals surface area contributed by atoms with Gasteiger partial charge in [0, 0.05) is 0 Å². The first-order valence-corrected chi connectivity index (χ1v) is 5.71. The first-order valence-electron chi connectivity index (χ1n) is 5.71. The Morgan fingerprint density at radius 1 is 1.12 bits per heavy atom. The average Bonchev–Trinajstić information content (AvgIpc) is 2.28. The van der Waals surface area contributed by atoms with Crippen LogP contribution in [0.25, 0.3) is 0 Å². The Balaban J connectivity index is 2.85. The van der Waals surface area contributed by atoms with E-state index in [2.05, 4.69) is 46.1 Å². The second-order valence-corrected chi connectivity index (χ2v) is 4.89. The van der Waals surface area contributed by atoms with E-state index in [-0.39, 0.29) is 5.41 Å². The third-order valence-electron chi connectivity index (χ3n) is 2.44. The third kappa shape index (κ3) is 3.95. The third-order valence-corrected chi connectivity index (χ3v) is 2.44. The van der Waals surface area contributed by atoms with Gasteiger partial charge in [0.05, 0.1) is 0 Å². The lowest BCUT2D eigenvalue weighted by molar-refractivity contribution is 0.444. The van der Waals surface area contributed by atoms with Crippen molar-refractivity contribution in [3.63, 3.8) is 0 Å². The first kappa shape index (κ1) is 13.3. The van der Waals surface area contributed by atoms with Gasteiger partial charge in [-0.3, -0.25) is 0 Å². The first-order chi connectivity index (χ1) is 7.97. The monoisotopic (exact) mass is 228 g/mol. The van der Waals surface area contributed by atoms with E-state index in [9.17, 15) is 0 Å².